The Kier molecular flexibility index (Phi) is 4.99. The van der Waals surface area contributed by atoms with E-state index in [0.29, 0.717) is 26.3 Å². The van der Waals surface area contributed by atoms with Gasteiger partial charge in [-0.1, -0.05) is 23.2 Å². The molecule has 0 fully saturated rings. The van der Waals surface area contributed by atoms with Crippen LogP contribution >= 0.6 is 34.5 Å². The lowest BCUT2D eigenvalue weighted by Gasteiger charge is -2.09. The number of ether oxygens (including phenoxy) is 1. The van der Waals surface area contributed by atoms with Crippen LogP contribution in [-0.4, -0.2) is 19.1 Å². The number of carbonyl (C=O) groups is 2. The molecule has 0 saturated heterocycles. The van der Waals surface area contributed by atoms with Gasteiger partial charge in [0.2, 0.25) is 0 Å². The van der Waals surface area contributed by atoms with Crippen molar-refractivity contribution >= 4 is 57.2 Å². The third-order valence-corrected chi connectivity index (χ3v) is 5.66. The molecule has 2 aromatic rings. The first kappa shape index (κ1) is 17.1. The molecule has 126 valence electrons. The lowest BCUT2D eigenvalue weighted by atomic mass is 10.1. The summed E-state index contributed by atoms with van der Waals surface area (Å²) in [6, 6.07) is 4.33. The number of nitrogens with one attached hydrogen (secondary N) is 2. The van der Waals surface area contributed by atoms with Crippen molar-refractivity contribution < 1.29 is 14.3 Å². The fraction of sp³-hybridized carbons (Fsp3) is 0.250. The summed E-state index contributed by atoms with van der Waals surface area (Å²) in [4.78, 5) is 25.4. The molecule has 2 amide bonds. The number of fused-ring (bicyclic) bond motifs is 1. The van der Waals surface area contributed by atoms with E-state index in [1.807, 2.05) is 0 Å². The minimum absolute atomic E-state index is 0.347. The number of rotatable bonds is 3. The zero-order valence-corrected chi connectivity index (χ0v) is 15.1. The van der Waals surface area contributed by atoms with Gasteiger partial charge in [0.25, 0.3) is 0 Å². The van der Waals surface area contributed by atoms with Crippen LogP contribution in [-0.2, 0) is 17.6 Å². The summed E-state index contributed by atoms with van der Waals surface area (Å²) in [5, 5.41) is 6.66. The van der Waals surface area contributed by atoms with E-state index in [0.717, 1.165) is 29.7 Å². The van der Waals surface area contributed by atoms with E-state index in [2.05, 4.69) is 10.6 Å². The Bertz CT molecular complexity index is 820. The third kappa shape index (κ3) is 3.36. The molecule has 1 aromatic heterocycles. The molecule has 24 heavy (non-hydrogen) atoms. The molecule has 1 heterocycles. The average Bonchev–Trinajstić information content (AvgIpc) is 3.10. The highest BCUT2D eigenvalue weighted by Crippen LogP contribution is 2.39. The average molecular weight is 385 g/mol. The molecule has 0 atom stereocenters. The fourth-order valence-corrected chi connectivity index (χ4v) is 4.22. The second-order valence-corrected chi connectivity index (χ2v) is 7.18. The normalized spacial score (nSPS) is 12.6. The predicted octanol–water partition coefficient (Wildman–Crippen LogP) is 4.97. The van der Waals surface area contributed by atoms with Crippen molar-refractivity contribution in [2.24, 2.45) is 0 Å². The molecular weight excluding hydrogens is 371 g/mol. The summed E-state index contributed by atoms with van der Waals surface area (Å²) < 4.78 is 4.85. The smallest absolute Gasteiger partial charge is 0.341 e. The first-order valence-corrected chi connectivity index (χ1v) is 8.82. The summed E-state index contributed by atoms with van der Waals surface area (Å²) in [5.74, 6) is -0.431. The monoisotopic (exact) mass is 384 g/mol. The first-order chi connectivity index (χ1) is 11.5. The van der Waals surface area contributed by atoms with Crippen molar-refractivity contribution in [3.05, 3.63) is 44.2 Å². The van der Waals surface area contributed by atoms with Gasteiger partial charge in [0.1, 0.15) is 5.00 Å². The minimum Gasteiger partial charge on any atom is -0.465 e. The van der Waals surface area contributed by atoms with Crippen molar-refractivity contribution in [3.8, 4) is 0 Å². The van der Waals surface area contributed by atoms with Gasteiger partial charge in [-0.2, -0.15) is 0 Å². The molecule has 1 aliphatic carbocycles. The van der Waals surface area contributed by atoms with Crippen molar-refractivity contribution in [1.29, 1.82) is 0 Å². The van der Waals surface area contributed by atoms with E-state index in [-0.39, 0.29) is 0 Å². The molecule has 0 spiro atoms. The van der Waals surface area contributed by atoms with E-state index >= 15 is 0 Å². The van der Waals surface area contributed by atoms with Crippen molar-refractivity contribution in [2.45, 2.75) is 19.3 Å². The molecule has 1 aliphatic rings. The highest BCUT2D eigenvalue weighted by atomic mass is 35.5. The molecule has 0 unspecified atom stereocenters. The van der Waals surface area contributed by atoms with Gasteiger partial charge < -0.3 is 10.1 Å². The van der Waals surface area contributed by atoms with Gasteiger partial charge in [-0.05, 0) is 43.0 Å². The van der Waals surface area contributed by atoms with Crippen molar-refractivity contribution in [1.82, 2.24) is 0 Å². The highest BCUT2D eigenvalue weighted by Gasteiger charge is 2.28. The zero-order valence-electron chi connectivity index (χ0n) is 12.7. The Balaban J connectivity index is 1.79. The number of thiophene rings is 1. The number of halogens is 2. The van der Waals surface area contributed by atoms with Gasteiger partial charge in [-0.3, -0.25) is 5.32 Å². The summed E-state index contributed by atoms with van der Waals surface area (Å²) in [6.45, 7) is 0. The maximum atomic E-state index is 12.2. The quantitative estimate of drug-likeness (QED) is 0.733. The molecule has 0 bridgehead atoms. The maximum Gasteiger partial charge on any atom is 0.341 e. The maximum absolute atomic E-state index is 12.2. The highest BCUT2D eigenvalue weighted by molar-refractivity contribution is 7.17. The first-order valence-electron chi connectivity index (χ1n) is 7.25. The van der Waals surface area contributed by atoms with E-state index in [1.54, 1.807) is 18.2 Å². The van der Waals surface area contributed by atoms with Crippen LogP contribution in [0.4, 0.5) is 15.5 Å². The summed E-state index contributed by atoms with van der Waals surface area (Å²) in [5.41, 5.74) is 1.95. The number of carbonyl (C=O) groups excluding carboxylic acids is 2. The van der Waals surface area contributed by atoms with Crippen molar-refractivity contribution in [2.75, 3.05) is 17.7 Å². The Labute approximate surface area is 152 Å². The lowest BCUT2D eigenvalue weighted by molar-refractivity contribution is 0.0601. The Hall–Kier alpha value is -1.76. The van der Waals surface area contributed by atoms with Gasteiger partial charge in [-0.25, -0.2) is 9.59 Å². The number of methoxy groups -OCH3 is 1. The SMILES string of the molecule is COC(=O)c1c(NC(=O)Nc2ccc(Cl)c(Cl)c2)sc2c1CCC2. The number of amides is 2. The van der Waals surface area contributed by atoms with E-state index in [9.17, 15) is 9.59 Å². The molecule has 0 radical (unpaired) electrons. The van der Waals surface area contributed by atoms with Crippen LogP contribution in [0.25, 0.3) is 0 Å². The number of esters is 1. The van der Waals surface area contributed by atoms with Crippen LogP contribution < -0.4 is 10.6 Å². The Morgan fingerprint density at radius 3 is 2.67 bits per heavy atom. The van der Waals surface area contributed by atoms with E-state index in [1.165, 1.54) is 18.4 Å². The van der Waals surface area contributed by atoms with Crippen LogP contribution in [0.3, 0.4) is 0 Å². The van der Waals surface area contributed by atoms with Gasteiger partial charge in [0.05, 0.1) is 22.7 Å². The second kappa shape index (κ2) is 7.01. The predicted molar refractivity (Wildman–Crippen MR) is 96.8 cm³/mol. The molecule has 5 nitrogen and oxygen atoms in total. The fourth-order valence-electron chi connectivity index (χ4n) is 2.65. The van der Waals surface area contributed by atoms with Crippen LogP contribution in [0, 0.1) is 0 Å². The van der Waals surface area contributed by atoms with Crippen molar-refractivity contribution in [3.63, 3.8) is 0 Å². The molecule has 8 heteroatoms. The molecule has 0 aliphatic heterocycles. The summed E-state index contributed by atoms with van der Waals surface area (Å²) in [6.07, 6.45) is 2.76. The van der Waals surface area contributed by atoms with Gasteiger partial charge in [-0.15, -0.1) is 11.3 Å². The van der Waals surface area contributed by atoms with Crippen LogP contribution in [0.15, 0.2) is 18.2 Å². The Morgan fingerprint density at radius 1 is 1.17 bits per heavy atom. The van der Waals surface area contributed by atoms with E-state index < -0.39 is 12.0 Å². The van der Waals surface area contributed by atoms with Gasteiger partial charge >= 0.3 is 12.0 Å². The zero-order chi connectivity index (χ0) is 17.3. The number of hydrogen-bond donors (Lipinski definition) is 2. The van der Waals surface area contributed by atoms with Crippen LogP contribution in [0.2, 0.25) is 10.0 Å². The number of hydrogen-bond acceptors (Lipinski definition) is 4. The topological polar surface area (TPSA) is 67.4 Å². The number of benzene rings is 1. The molecule has 3 rings (SSSR count). The second-order valence-electron chi connectivity index (χ2n) is 5.26. The standard InChI is InChI=1S/C16H14Cl2N2O3S/c1-23-15(21)13-9-3-2-4-12(9)24-14(13)20-16(22)19-8-5-6-10(17)11(18)7-8/h5-7H,2-4H2,1H3,(H2,19,20,22). The molecule has 0 saturated carbocycles. The van der Waals surface area contributed by atoms with Crippen LogP contribution in [0.5, 0.6) is 0 Å². The minimum atomic E-state index is -0.460. The largest absolute Gasteiger partial charge is 0.465 e. The third-order valence-electron chi connectivity index (χ3n) is 3.72. The van der Waals surface area contributed by atoms with Gasteiger partial charge in [0.15, 0.2) is 0 Å². The van der Waals surface area contributed by atoms with Crippen LogP contribution in [0.1, 0.15) is 27.2 Å². The lowest BCUT2D eigenvalue weighted by Crippen LogP contribution is -2.20. The number of anilines is 2. The molecule has 1 aromatic carbocycles. The Morgan fingerprint density at radius 2 is 1.96 bits per heavy atom. The van der Waals surface area contributed by atoms with E-state index in [4.69, 9.17) is 27.9 Å². The summed E-state index contributed by atoms with van der Waals surface area (Å²) in [7, 11) is 1.33. The molecular formula is C16H14Cl2N2O3S. The van der Waals surface area contributed by atoms with Gasteiger partial charge in [0, 0.05) is 10.6 Å². The summed E-state index contributed by atoms with van der Waals surface area (Å²) >= 11 is 13.2. The number of aryl methyl sites for hydroxylation is 1. The molecule has 2 N–H and O–H groups in total. The number of urea groups is 1.